The van der Waals surface area contributed by atoms with Crippen molar-refractivity contribution in [2.75, 3.05) is 6.54 Å². The SMILES string of the molecule is O=C(O)CNC(=O)C(=O)c1c[nH]c2ccc([N+](=O)[O-])cc12. The van der Waals surface area contributed by atoms with Crippen molar-refractivity contribution in [3.8, 4) is 0 Å². The van der Waals surface area contributed by atoms with Crippen molar-refractivity contribution in [1.82, 2.24) is 10.3 Å². The highest BCUT2D eigenvalue weighted by Crippen LogP contribution is 2.23. The van der Waals surface area contributed by atoms with Gasteiger partial charge >= 0.3 is 5.97 Å². The molecule has 0 radical (unpaired) electrons. The van der Waals surface area contributed by atoms with Gasteiger partial charge in [-0.2, -0.15) is 0 Å². The number of benzene rings is 1. The van der Waals surface area contributed by atoms with E-state index in [-0.39, 0.29) is 16.6 Å². The van der Waals surface area contributed by atoms with Gasteiger partial charge in [-0.05, 0) is 6.07 Å². The maximum Gasteiger partial charge on any atom is 0.322 e. The third kappa shape index (κ3) is 2.86. The normalized spacial score (nSPS) is 10.3. The van der Waals surface area contributed by atoms with Gasteiger partial charge in [-0.3, -0.25) is 24.5 Å². The molecule has 2 aromatic rings. The number of nitrogens with one attached hydrogen (secondary N) is 2. The van der Waals surface area contributed by atoms with Gasteiger partial charge < -0.3 is 15.4 Å². The van der Waals surface area contributed by atoms with E-state index in [0.29, 0.717) is 5.52 Å². The van der Waals surface area contributed by atoms with Gasteiger partial charge in [0.15, 0.2) is 0 Å². The third-order valence-electron chi connectivity index (χ3n) is 2.73. The number of hydrogen-bond donors (Lipinski definition) is 3. The number of Topliss-reactive ketones (excluding diaryl/α,β-unsaturated/α-hetero) is 1. The highest BCUT2D eigenvalue weighted by molar-refractivity contribution is 6.45. The number of aromatic amines is 1. The molecule has 0 saturated heterocycles. The molecule has 1 aromatic heterocycles. The number of carboxylic acids is 1. The number of nitrogens with zero attached hydrogens (tertiary/aromatic N) is 1. The number of fused-ring (bicyclic) bond motifs is 1. The summed E-state index contributed by atoms with van der Waals surface area (Å²) in [6, 6.07) is 3.85. The number of rotatable bonds is 5. The molecule has 0 unspecified atom stereocenters. The average molecular weight is 291 g/mol. The number of H-pyrrole nitrogens is 1. The minimum absolute atomic E-state index is 0.0587. The molecule has 0 bridgehead atoms. The highest BCUT2D eigenvalue weighted by Gasteiger charge is 2.21. The van der Waals surface area contributed by atoms with Crippen LogP contribution in [0.15, 0.2) is 24.4 Å². The largest absolute Gasteiger partial charge is 0.480 e. The van der Waals surface area contributed by atoms with Crippen LogP contribution in [0.3, 0.4) is 0 Å². The fraction of sp³-hybridized carbons (Fsp3) is 0.0833. The number of nitro groups is 1. The van der Waals surface area contributed by atoms with Crippen molar-refractivity contribution in [1.29, 1.82) is 0 Å². The first kappa shape index (κ1) is 14.2. The topological polar surface area (TPSA) is 142 Å². The number of ketones is 1. The van der Waals surface area contributed by atoms with Crippen LogP contribution < -0.4 is 5.32 Å². The second kappa shape index (κ2) is 5.41. The molecular weight excluding hydrogens is 282 g/mol. The number of carbonyl (C=O) groups excluding carboxylic acids is 2. The molecule has 1 amide bonds. The van der Waals surface area contributed by atoms with Gasteiger partial charge in [0.05, 0.1) is 10.5 Å². The van der Waals surface area contributed by atoms with E-state index in [1.807, 2.05) is 5.32 Å². The Morgan fingerprint density at radius 2 is 2.05 bits per heavy atom. The summed E-state index contributed by atoms with van der Waals surface area (Å²) in [6.07, 6.45) is 1.25. The van der Waals surface area contributed by atoms with Crippen molar-refractivity contribution in [2.24, 2.45) is 0 Å². The van der Waals surface area contributed by atoms with Gasteiger partial charge in [-0.25, -0.2) is 0 Å². The van der Waals surface area contributed by atoms with Crippen LogP contribution in [0, 0.1) is 10.1 Å². The lowest BCUT2D eigenvalue weighted by Gasteiger charge is -2.00. The number of nitro benzene ring substituents is 1. The quantitative estimate of drug-likeness (QED) is 0.316. The summed E-state index contributed by atoms with van der Waals surface area (Å²) in [5, 5.41) is 21.3. The van der Waals surface area contributed by atoms with Crippen LogP contribution in [0.5, 0.6) is 0 Å². The molecule has 9 heteroatoms. The van der Waals surface area contributed by atoms with Crippen LogP contribution in [0.4, 0.5) is 5.69 Å². The number of aliphatic carboxylic acids is 1. The van der Waals surface area contributed by atoms with E-state index in [1.54, 1.807) is 0 Å². The van der Waals surface area contributed by atoms with Crippen molar-refractivity contribution in [3.63, 3.8) is 0 Å². The lowest BCUT2D eigenvalue weighted by atomic mass is 10.1. The first-order chi connectivity index (χ1) is 9.90. The maximum atomic E-state index is 11.9. The fourth-order valence-electron chi connectivity index (χ4n) is 1.77. The van der Waals surface area contributed by atoms with E-state index in [0.717, 1.165) is 0 Å². The van der Waals surface area contributed by atoms with Crippen LogP contribution in [-0.4, -0.2) is 39.2 Å². The number of aromatic nitrogens is 1. The van der Waals surface area contributed by atoms with Gasteiger partial charge in [0.25, 0.3) is 17.4 Å². The Balaban J connectivity index is 2.35. The molecule has 1 heterocycles. The third-order valence-corrected chi connectivity index (χ3v) is 2.73. The van der Waals surface area contributed by atoms with Crippen molar-refractivity contribution in [3.05, 3.63) is 40.1 Å². The zero-order chi connectivity index (χ0) is 15.6. The number of carbonyl (C=O) groups is 3. The molecule has 0 fully saturated rings. The molecule has 1 aromatic carbocycles. The van der Waals surface area contributed by atoms with Crippen LogP contribution in [0.2, 0.25) is 0 Å². The van der Waals surface area contributed by atoms with Crippen molar-refractivity contribution < 1.29 is 24.4 Å². The molecule has 9 nitrogen and oxygen atoms in total. The highest BCUT2D eigenvalue weighted by atomic mass is 16.6. The first-order valence-electron chi connectivity index (χ1n) is 5.70. The number of carboxylic acid groups (broad SMARTS) is 1. The Kier molecular flexibility index (Phi) is 3.65. The predicted octanol–water partition coefficient (Wildman–Crippen LogP) is 0.460. The minimum Gasteiger partial charge on any atom is -0.480 e. The van der Waals surface area contributed by atoms with Crippen LogP contribution in [0.25, 0.3) is 10.9 Å². The van der Waals surface area contributed by atoms with Crippen LogP contribution >= 0.6 is 0 Å². The lowest BCUT2D eigenvalue weighted by Crippen LogP contribution is -2.34. The summed E-state index contributed by atoms with van der Waals surface area (Å²) in [6.45, 7) is -0.687. The second-order valence-corrected chi connectivity index (χ2v) is 4.09. The average Bonchev–Trinajstić information content (AvgIpc) is 2.86. The Morgan fingerprint density at radius 1 is 1.33 bits per heavy atom. The summed E-state index contributed by atoms with van der Waals surface area (Å²) < 4.78 is 0. The minimum atomic E-state index is -1.29. The smallest absolute Gasteiger partial charge is 0.322 e. The zero-order valence-corrected chi connectivity index (χ0v) is 10.5. The fourth-order valence-corrected chi connectivity index (χ4v) is 1.77. The molecular formula is C12H9N3O6. The van der Waals surface area contributed by atoms with Crippen LogP contribution in [0.1, 0.15) is 10.4 Å². The van der Waals surface area contributed by atoms with Gasteiger partial charge in [-0.1, -0.05) is 0 Å². The second-order valence-electron chi connectivity index (χ2n) is 4.09. The molecule has 108 valence electrons. The number of non-ortho nitro benzene ring substituents is 1. The van der Waals surface area contributed by atoms with E-state index < -0.39 is 29.1 Å². The summed E-state index contributed by atoms with van der Waals surface area (Å²) in [5.41, 5.74) is 0.175. The number of hydrogen-bond acceptors (Lipinski definition) is 5. The van der Waals surface area contributed by atoms with Gasteiger partial charge in [0.2, 0.25) is 0 Å². The Labute approximate surface area is 116 Å². The summed E-state index contributed by atoms with van der Waals surface area (Å²) in [5.74, 6) is -3.35. The molecule has 3 N–H and O–H groups in total. The van der Waals surface area contributed by atoms with Gasteiger partial charge in [0, 0.05) is 29.2 Å². The Hall–Kier alpha value is -3.23. The summed E-state index contributed by atoms with van der Waals surface area (Å²) in [7, 11) is 0. The monoisotopic (exact) mass is 291 g/mol. The molecule has 0 aliphatic rings. The molecule has 0 spiro atoms. The van der Waals surface area contributed by atoms with Crippen LogP contribution in [-0.2, 0) is 9.59 Å². The molecule has 0 aliphatic carbocycles. The van der Waals surface area contributed by atoms with E-state index in [1.165, 1.54) is 24.4 Å². The molecule has 2 rings (SSSR count). The van der Waals surface area contributed by atoms with Crippen molar-refractivity contribution in [2.45, 2.75) is 0 Å². The summed E-state index contributed by atoms with van der Waals surface area (Å²) >= 11 is 0. The van der Waals surface area contributed by atoms with E-state index >= 15 is 0 Å². The first-order valence-corrected chi connectivity index (χ1v) is 5.70. The molecule has 21 heavy (non-hydrogen) atoms. The van der Waals surface area contributed by atoms with E-state index in [2.05, 4.69) is 4.98 Å². The molecule has 0 atom stereocenters. The van der Waals surface area contributed by atoms with Gasteiger partial charge in [0.1, 0.15) is 6.54 Å². The number of amides is 1. The lowest BCUT2D eigenvalue weighted by molar-refractivity contribution is -0.384. The van der Waals surface area contributed by atoms with E-state index in [9.17, 15) is 24.5 Å². The predicted molar refractivity (Wildman–Crippen MR) is 69.9 cm³/mol. The maximum absolute atomic E-state index is 11.9. The Morgan fingerprint density at radius 3 is 2.67 bits per heavy atom. The standard InChI is InChI=1S/C12H9N3O6/c16-10(17)5-14-12(19)11(18)8-4-13-9-2-1-6(15(20)21)3-7(8)9/h1-4,13H,5H2,(H,14,19)(H,16,17). The summed E-state index contributed by atoms with van der Waals surface area (Å²) in [4.78, 5) is 46.6. The van der Waals surface area contributed by atoms with Gasteiger partial charge in [-0.15, -0.1) is 0 Å². The molecule has 0 saturated carbocycles. The Bertz CT molecular complexity index is 763. The zero-order valence-electron chi connectivity index (χ0n) is 10.5. The van der Waals surface area contributed by atoms with Crippen molar-refractivity contribution >= 4 is 34.3 Å². The van der Waals surface area contributed by atoms with E-state index in [4.69, 9.17) is 5.11 Å². The molecule has 0 aliphatic heterocycles.